The zero-order valence-corrected chi connectivity index (χ0v) is 9.35. The lowest BCUT2D eigenvalue weighted by molar-refractivity contribution is -0.445. The molecular weight excluding hydrogens is 232 g/mol. The Labute approximate surface area is 103 Å². The van der Waals surface area contributed by atoms with Crippen LogP contribution in [0.5, 0.6) is 0 Å². The summed E-state index contributed by atoms with van der Waals surface area (Å²) >= 11 is 0. The Morgan fingerprint density at radius 3 is 2.33 bits per heavy atom. The second kappa shape index (κ2) is 5.53. The van der Waals surface area contributed by atoms with Crippen LogP contribution in [0.25, 0.3) is 0 Å². The molecule has 0 radical (unpaired) electrons. The molecule has 0 bridgehead atoms. The molecule has 0 unspecified atom stereocenters. The van der Waals surface area contributed by atoms with E-state index in [2.05, 4.69) is 15.7 Å². The highest BCUT2D eigenvalue weighted by atomic mass is 16.7. The summed E-state index contributed by atoms with van der Waals surface area (Å²) in [4.78, 5) is 10.4. The predicted octanol–water partition coefficient (Wildman–Crippen LogP) is 3.71. The Bertz CT molecular complexity index is 569. The number of hydrogen-bond acceptors (Lipinski definition) is 4. The quantitative estimate of drug-likeness (QED) is 0.504. The van der Waals surface area contributed by atoms with Crippen molar-refractivity contribution in [2.75, 3.05) is 5.43 Å². The van der Waals surface area contributed by atoms with Crippen molar-refractivity contribution < 1.29 is 5.03 Å². The molecule has 0 fully saturated rings. The third kappa shape index (κ3) is 3.11. The molecule has 2 aromatic rings. The van der Waals surface area contributed by atoms with Crippen molar-refractivity contribution in [3.8, 4) is 0 Å². The molecule has 0 aliphatic heterocycles. The van der Waals surface area contributed by atoms with E-state index >= 15 is 0 Å². The highest BCUT2D eigenvalue weighted by Gasteiger charge is 2.04. The summed E-state index contributed by atoms with van der Waals surface area (Å²) in [5.74, 6) is 0. The molecule has 0 heterocycles. The molecule has 0 aliphatic rings. The Kier molecular flexibility index (Phi) is 3.60. The van der Waals surface area contributed by atoms with Gasteiger partial charge in [-0.05, 0) is 24.3 Å². The van der Waals surface area contributed by atoms with Gasteiger partial charge in [0.05, 0.1) is 5.69 Å². The first-order valence-corrected chi connectivity index (χ1v) is 5.22. The number of benzene rings is 2. The fourth-order valence-electron chi connectivity index (χ4n) is 1.36. The van der Waals surface area contributed by atoms with Gasteiger partial charge in [-0.3, -0.25) is 0 Å². The van der Waals surface area contributed by atoms with Crippen molar-refractivity contribution in [1.82, 2.24) is 0 Å². The van der Waals surface area contributed by atoms with Gasteiger partial charge in [0, 0.05) is 0 Å². The van der Waals surface area contributed by atoms with E-state index in [4.69, 9.17) is 0 Å². The van der Waals surface area contributed by atoms with E-state index in [1.165, 1.54) is 0 Å². The third-order valence-corrected chi connectivity index (χ3v) is 2.15. The molecule has 6 heteroatoms. The predicted molar refractivity (Wildman–Crippen MR) is 67.7 cm³/mol. The summed E-state index contributed by atoms with van der Waals surface area (Å²) in [5.41, 5.74) is 3.49. The van der Waals surface area contributed by atoms with Crippen LogP contribution in [-0.4, -0.2) is 5.03 Å². The van der Waals surface area contributed by atoms with Gasteiger partial charge in [0.1, 0.15) is 11.4 Å². The normalized spacial score (nSPS) is 10.4. The summed E-state index contributed by atoms with van der Waals surface area (Å²) in [5, 5.41) is 17.8. The number of nitrogens with zero attached hydrogens (tertiary/aromatic N) is 3. The minimum absolute atomic E-state index is 0.308. The molecule has 0 aromatic heterocycles. The van der Waals surface area contributed by atoms with Crippen LogP contribution < -0.4 is 5.43 Å². The summed E-state index contributed by atoms with van der Waals surface area (Å²) < 4.78 is 0. The molecule has 0 saturated heterocycles. The standard InChI is InChI=1S/C12H10N4O2/c17-16(18)15-12-9-5-4-8-11(12)14-13-10-6-2-1-3-7-10/h1-9,15H. The maximum Gasteiger partial charge on any atom is 0.162 e. The highest BCUT2D eigenvalue weighted by Crippen LogP contribution is 2.26. The average Bonchev–Trinajstić information content (AvgIpc) is 2.38. The van der Waals surface area contributed by atoms with Crippen LogP contribution in [0, 0.1) is 10.1 Å². The van der Waals surface area contributed by atoms with Gasteiger partial charge in [-0.2, -0.15) is 5.11 Å². The molecule has 1 N–H and O–H groups in total. The topological polar surface area (TPSA) is 79.9 Å². The van der Waals surface area contributed by atoms with Crippen molar-refractivity contribution in [3.63, 3.8) is 0 Å². The van der Waals surface area contributed by atoms with E-state index in [9.17, 15) is 10.1 Å². The molecule has 0 spiro atoms. The largest absolute Gasteiger partial charge is 0.235 e. The fraction of sp³-hybridized carbons (Fsp3) is 0. The summed E-state index contributed by atoms with van der Waals surface area (Å²) in [6, 6.07) is 15.8. The van der Waals surface area contributed by atoms with E-state index in [0.29, 0.717) is 17.1 Å². The van der Waals surface area contributed by atoms with Gasteiger partial charge in [0.2, 0.25) is 0 Å². The van der Waals surface area contributed by atoms with E-state index in [0.717, 1.165) is 0 Å². The van der Waals surface area contributed by atoms with Gasteiger partial charge in [-0.25, -0.2) is 10.1 Å². The number of rotatable bonds is 4. The molecule has 0 atom stereocenters. The number of nitro groups is 1. The number of hydrazine groups is 1. The first-order chi connectivity index (χ1) is 8.75. The van der Waals surface area contributed by atoms with Crippen molar-refractivity contribution in [2.24, 2.45) is 10.2 Å². The van der Waals surface area contributed by atoms with Crippen LogP contribution in [0.4, 0.5) is 17.1 Å². The molecule has 0 saturated carbocycles. The molecule has 0 amide bonds. The number of nitrogens with one attached hydrogen (secondary N) is 1. The highest BCUT2D eigenvalue weighted by molar-refractivity contribution is 5.63. The van der Waals surface area contributed by atoms with Crippen LogP contribution in [0.15, 0.2) is 64.8 Å². The lowest BCUT2D eigenvalue weighted by Gasteiger charge is -2.00. The van der Waals surface area contributed by atoms with Gasteiger partial charge < -0.3 is 0 Å². The first-order valence-electron chi connectivity index (χ1n) is 5.22. The molecule has 2 aromatic carbocycles. The number of hydrogen-bond donors (Lipinski definition) is 1. The molecule has 2 rings (SSSR count). The Morgan fingerprint density at radius 1 is 0.944 bits per heavy atom. The van der Waals surface area contributed by atoms with Crippen LogP contribution in [0.3, 0.4) is 0 Å². The summed E-state index contributed by atoms with van der Waals surface area (Å²) in [7, 11) is 0. The second-order valence-corrected chi connectivity index (χ2v) is 3.42. The third-order valence-electron chi connectivity index (χ3n) is 2.15. The fourth-order valence-corrected chi connectivity index (χ4v) is 1.36. The van der Waals surface area contributed by atoms with Gasteiger partial charge in [0.15, 0.2) is 5.03 Å². The second-order valence-electron chi connectivity index (χ2n) is 3.42. The van der Waals surface area contributed by atoms with Gasteiger partial charge in [0.25, 0.3) is 0 Å². The minimum Gasteiger partial charge on any atom is -0.235 e. The molecule has 18 heavy (non-hydrogen) atoms. The van der Waals surface area contributed by atoms with Crippen LogP contribution in [0.1, 0.15) is 0 Å². The number of para-hydroxylation sites is 1. The number of anilines is 1. The van der Waals surface area contributed by atoms with Gasteiger partial charge in [-0.1, -0.05) is 30.3 Å². The molecule has 90 valence electrons. The van der Waals surface area contributed by atoms with Crippen molar-refractivity contribution >= 4 is 17.1 Å². The van der Waals surface area contributed by atoms with E-state index in [1.54, 1.807) is 36.4 Å². The zero-order valence-electron chi connectivity index (χ0n) is 9.35. The first kappa shape index (κ1) is 11.7. The van der Waals surface area contributed by atoms with Gasteiger partial charge >= 0.3 is 0 Å². The summed E-state index contributed by atoms with van der Waals surface area (Å²) in [6.07, 6.45) is 0. The zero-order chi connectivity index (χ0) is 12.8. The maximum absolute atomic E-state index is 10.4. The lowest BCUT2D eigenvalue weighted by Crippen LogP contribution is -2.07. The molecule has 6 nitrogen and oxygen atoms in total. The minimum atomic E-state index is -0.628. The number of azo groups is 1. The van der Waals surface area contributed by atoms with E-state index in [-0.39, 0.29) is 0 Å². The Hall–Kier alpha value is -2.76. The van der Waals surface area contributed by atoms with Crippen LogP contribution >= 0.6 is 0 Å². The van der Waals surface area contributed by atoms with Crippen LogP contribution in [-0.2, 0) is 0 Å². The van der Waals surface area contributed by atoms with Gasteiger partial charge in [-0.15, -0.1) is 10.5 Å². The summed E-state index contributed by atoms with van der Waals surface area (Å²) in [6.45, 7) is 0. The van der Waals surface area contributed by atoms with Crippen LogP contribution in [0.2, 0.25) is 0 Å². The maximum atomic E-state index is 10.4. The van der Waals surface area contributed by atoms with Crippen molar-refractivity contribution in [2.45, 2.75) is 0 Å². The van der Waals surface area contributed by atoms with Crippen molar-refractivity contribution in [3.05, 3.63) is 64.7 Å². The SMILES string of the molecule is O=[N+]([O-])Nc1ccccc1N=Nc1ccccc1. The monoisotopic (exact) mass is 242 g/mol. The Morgan fingerprint density at radius 2 is 1.61 bits per heavy atom. The molecular formula is C12H10N4O2. The molecule has 0 aliphatic carbocycles. The smallest absolute Gasteiger partial charge is 0.162 e. The average molecular weight is 242 g/mol. The van der Waals surface area contributed by atoms with E-state index in [1.807, 2.05) is 18.2 Å². The lowest BCUT2D eigenvalue weighted by atomic mass is 10.3. The van der Waals surface area contributed by atoms with Crippen molar-refractivity contribution in [1.29, 1.82) is 0 Å². The Balaban J connectivity index is 2.23. The van der Waals surface area contributed by atoms with E-state index < -0.39 is 5.03 Å².